The molecule has 0 aromatic heterocycles. The quantitative estimate of drug-likeness (QED) is 0.552. The number of fused-ring (bicyclic) bond motifs is 1. The second kappa shape index (κ2) is 1.61. The maximum atomic E-state index is 11.1. The van der Waals surface area contributed by atoms with E-state index in [9.17, 15) is 4.79 Å². The molecule has 0 radical (unpaired) electrons. The van der Waals surface area contributed by atoms with Crippen LogP contribution >= 0.6 is 0 Å². The highest BCUT2D eigenvalue weighted by atomic mass is 16.1. The Morgan fingerprint density at radius 1 is 1.64 bits per heavy atom. The number of hydrogen-bond acceptors (Lipinski definition) is 2. The summed E-state index contributed by atoms with van der Waals surface area (Å²) >= 11 is 0. The molecule has 1 heterocycles. The molecule has 1 saturated heterocycles. The van der Waals surface area contributed by atoms with Gasteiger partial charge < -0.3 is 11.1 Å². The molecule has 2 fully saturated rings. The molecule has 62 valence electrons. The first kappa shape index (κ1) is 7.10. The molecule has 0 spiro atoms. The van der Waals surface area contributed by atoms with Gasteiger partial charge in [0.1, 0.15) is 5.54 Å². The number of primary amides is 1. The number of rotatable bonds is 1. The lowest BCUT2D eigenvalue weighted by molar-refractivity contribution is -0.125. The van der Waals surface area contributed by atoms with Crippen molar-refractivity contribution < 1.29 is 4.79 Å². The molecule has 2 aliphatic rings. The molecule has 2 rings (SSSR count). The highest BCUT2D eigenvalue weighted by Crippen LogP contribution is 2.62. The lowest BCUT2D eigenvalue weighted by Crippen LogP contribution is -2.55. The van der Waals surface area contributed by atoms with Crippen molar-refractivity contribution in [3.63, 3.8) is 0 Å². The van der Waals surface area contributed by atoms with Crippen molar-refractivity contribution in [2.75, 3.05) is 6.54 Å². The number of hydrogen-bond donors (Lipinski definition) is 2. The fraction of sp³-hybridized carbons (Fsp3) is 0.875. The molecule has 1 saturated carbocycles. The Bertz CT molecular complexity index is 226. The van der Waals surface area contributed by atoms with Gasteiger partial charge in [0.2, 0.25) is 5.91 Å². The minimum absolute atomic E-state index is 0.152. The first-order valence-electron chi connectivity index (χ1n) is 4.06. The zero-order chi connectivity index (χ0) is 8.28. The first-order chi connectivity index (χ1) is 5.01. The van der Waals surface area contributed by atoms with Crippen LogP contribution in [0, 0.1) is 11.3 Å². The Kier molecular flexibility index (Phi) is 1.04. The van der Waals surface area contributed by atoms with E-state index >= 15 is 0 Å². The third-order valence-electron chi connectivity index (χ3n) is 3.75. The summed E-state index contributed by atoms with van der Waals surface area (Å²) < 4.78 is 0. The van der Waals surface area contributed by atoms with Crippen LogP contribution in [0.1, 0.15) is 20.3 Å². The summed E-state index contributed by atoms with van der Waals surface area (Å²) in [5, 5.41) is 3.20. The third-order valence-corrected chi connectivity index (χ3v) is 3.75. The molecule has 1 aliphatic carbocycles. The minimum Gasteiger partial charge on any atom is -0.368 e. The SMILES string of the molecule is CC12CC1CN[C@]2(C)C(N)=O. The Morgan fingerprint density at radius 3 is 2.45 bits per heavy atom. The molecule has 3 atom stereocenters. The number of nitrogens with two attached hydrogens (primary N) is 1. The van der Waals surface area contributed by atoms with Crippen molar-refractivity contribution in [3.05, 3.63) is 0 Å². The van der Waals surface area contributed by atoms with Crippen molar-refractivity contribution in [1.29, 1.82) is 0 Å². The molecular weight excluding hydrogens is 140 g/mol. The van der Waals surface area contributed by atoms with Crippen molar-refractivity contribution in [3.8, 4) is 0 Å². The van der Waals surface area contributed by atoms with Crippen LogP contribution < -0.4 is 11.1 Å². The van der Waals surface area contributed by atoms with Gasteiger partial charge in [-0.15, -0.1) is 0 Å². The lowest BCUT2D eigenvalue weighted by Gasteiger charge is -2.29. The highest BCUT2D eigenvalue weighted by Gasteiger charge is 2.68. The summed E-state index contributed by atoms with van der Waals surface area (Å²) in [5.41, 5.74) is 5.04. The van der Waals surface area contributed by atoms with Crippen LogP contribution in [0.15, 0.2) is 0 Å². The topological polar surface area (TPSA) is 55.1 Å². The van der Waals surface area contributed by atoms with E-state index in [2.05, 4.69) is 12.2 Å². The van der Waals surface area contributed by atoms with Gasteiger partial charge in [0.05, 0.1) is 0 Å². The second-order valence-electron chi connectivity index (χ2n) is 4.19. The summed E-state index contributed by atoms with van der Waals surface area (Å²) in [6.45, 7) is 5.01. The van der Waals surface area contributed by atoms with E-state index in [1.165, 1.54) is 0 Å². The summed E-state index contributed by atoms with van der Waals surface area (Å²) in [5.74, 6) is 0.472. The molecule has 0 aromatic carbocycles. The second-order valence-corrected chi connectivity index (χ2v) is 4.19. The summed E-state index contributed by atoms with van der Waals surface area (Å²) in [7, 11) is 0. The van der Waals surface area contributed by atoms with E-state index in [4.69, 9.17) is 5.73 Å². The van der Waals surface area contributed by atoms with Gasteiger partial charge in [0, 0.05) is 0 Å². The zero-order valence-corrected chi connectivity index (χ0v) is 6.98. The van der Waals surface area contributed by atoms with Crippen LogP contribution in [0.4, 0.5) is 0 Å². The largest absolute Gasteiger partial charge is 0.368 e. The van der Waals surface area contributed by atoms with E-state index in [0.717, 1.165) is 13.0 Å². The average Bonchev–Trinajstić information content (AvgIpc) is 2.52. The van der Waals surface area contributed by atoms with Gasteiger partial charge in [-0.2, -0.15) is 0 Å². The van der Waals surface area contributed by atoms with Gasteiger partial charge >= 0.3 is 0 Å². The van der Waals surface area contributed by atoms with E-state index in [1.54, 1.807) is 0 Å². The first-order valence-corrected chi connectivity index (χ1v) is 4.06. The highest BCUT2D eigenvalue weighted by molar-refractivity contribution is 5.86. The monoisotopic (exact) mass is 154 g/mol. The predicted molar refractivity (Wildman–Crippen MR) is 41.8 cm³/mol. The van der Waals surface area contributed by atoms with E-state index in [0.29, 0.717) is 5.92 Å². The summed E-state index contributed by atoms with van der Waals surface area (Å²) in [6.07, 6.45) is 1.15. The Morgan fingerprint density at radius 2 is 2.27 bits per heavy atom. The van der Waals surface area contributed by atoms with Crippen LogP contribution in [-0.2, 0) is 4.79 Å². The maximum absolute atomic E-state index is 11.1. The number of carbonyl (C=O) groups excluding carboxylic acids is 1. The van der Waals surface area contributed by atoms with E-state index in [-0.39, 0.29) is 11.3 Å². The van der Waals surface area contributed by atoms with Crippen molar-refractivity contribution >= 4 is 5.91 Å². The zero-order valence-electron chi connectivity index (χ0n) is 6.98. The van der Waals surface area contributed by atoms with Crippen LogP contribution in [0.5, 0.6) is 0 Å². The molecule has 3 nitrogen and oxygen atoms in total. The Hall–Kier alpha value is -0.570. The molecule has 1 aliphatic heterocycles. The molecule has 11 heavy (non-hydrogen) atoms. The molecule has 3 heteroatoms. The lowest BCUT2D eigenvalue weighted by atomic mass is 9.84. The number of amides is 1. The average molecular weight is 154 g/mol. The van der Waals surface area contributed by atoms with E-state index < -0.39 is 5.54 Å². The van der Waals surface area contributed by atoms with Gasteiger partial charge in [-0.1, -0.05) is 6.92 Å². The van der Waals surface area contributed by atoms with Gasteiger partial charge in [0.25, 0.3) is 0 Å². The Labute approximate surface area is 66.3 Å². The maximum Gasteiger partial charge on any atom is 0.238 e. The number of carbonyl (C=O) groups is 1. The standard InChI is InChI=1S/C8H14N2O/c1-7-3-5(7)4-10-8(7,2)6(9)11/h5,10H,3-4H2,1-2H3,(H2,9,11)/t5?,7?,8-/m1/s1. The molecule has 3 N–H and O–H groups in total. The molecule has 1 amide bonds. The number of nitrogens with one attached hydrogen (secondary N) is 1. The van der Waals surface area contributed by atoms with Crippen molar-refractivity contribution in [2.24, 2.45) is 17.1 Å². The van der Waals surface area contributed by atoms with Crippen LogP contribution in [0.3, 0.4) is 0 Å². The van der Waals surface area contributed by atoms with E-state index in [1.807, 2.05) is 6.92 Å². The minimum atomic E-state index is -0.447. The fourth-order valence-electron chi connectivity index (χ4n) is 2.26. The van der Waals surface area contributed by atoms with Crippen molar-refractivity contribution in [1.82, 2.24) is 5.32 Å². The fourth-order valence-corrected chi connectivity index (χ4v) is 2.26. The predicted octanol–water partition coefficient (Wildman–Crippen LogP) is -0.140. The van der Waals surface area contributed by atoms with Crippen LogP contribution in [0.25, 0.3) is 0 Å². The van der Waals surface area contributed by atoms with Crippen molar-refractivity contribution in [2.45, 2.75) is 25.8 Å². The van der Waals surface area contributed by atoms with Gasteiger partial charge in [0.15, 0.2) is 0 Å². The van der Waals surface area contributed by atoms with Crippen LogP contribution in [-0.4, -0.2) is 18.0 Å². The smallest absolute Gasteiger partial charge is 0.238 e. The van der Waals surface area contributed by atoms with Crippen LogP contribution in [0.2, 0.25) is 0 Å². The number of piperidine rings is 1. The van der Waals surface area contributed by atoms with Gasteiger partial charge in [-0.3, -0.25) is 4.79 Å². The third kappa shape index (κ3) is 0.601. The Balaban J connectivity index is 2.33. The van der Waals surface area contributed by atoms with Gasteiger partial charge in [-0.05, 0) is 31.2 Å². The molecular formula is C8H14N2O. The normalized spacial score (nSPS) is 53.8. The van der Waals surface area contributed by atoms with Gasteiger partial charge in [-0.25, -0.2) is 0 Å². The summed E-state index contributed by atoms with van der Waals surface area (Å²) in [6, 6.07) is 0. The molecule has 2 unspecified atom stereocenters. The molecule has 0 aromatic rings. The molecule has 0 bridgehead atoms. The summed E-state index contributed by atoms with van der Waals surface area (Å²) in [4.78, 5) is 11.1.